The van der Waals surface area contributed by atoms with Crippen LogP contribution >= 0.6 is 35.3 Å². The summed E-state index contributed by atoms with van der Waals surface area (Å²) < 4.78 is 26.0. The molecule has 3 heterocycles. The van der Waals surface area contributed by atoms with Crippen molar-refractivity contribution in [3.05, 3.63) is 45.4 Å². The average Bonchev–Trinajstić information content (AvgIpc) is 3.59. The summed E-state index contributed by atoms with van der Waals surface area (Å²) in [6, 6.07) is 5.91. The number of nitrogens with two attached hydrogens (primary N) is 1. The van der Waals surface area contributed by atoms with Gasteiger partial charge in [0.1, 0.15) is 18.5 Å². The minimum Gasteiger partial charge on any atom is -0.481 e. The molecule has 0 radical (unpaired) electrons. The van der Waals surface area contributed by atoms with Gasteiger partial charge < -0.3 is 30.5 Å². The van der Waals surface area contributed by atoms with Crippen molar-refractivity contribution in [3.63, 3.8) is 0 Å². The van der Waals surface area contributed by atoms with Crippen molar-refractivity contribution in [2.24, 2.45) is 5.73 Å². The second-order valence-electron chi connectivity index (χ2n) is 10.2. The minimum absolute atomic E-state index is 0. The predicted octanol–water partition coefficient (Wildman–Crippen LogP) is 2.41. The van der Waals surface area contributed by atoms with E-state index in [1.165, 1.54) is 29.2 Å². The molecule has 4 rings (SSSR count). The molecule has 46 heavy (non-hydrogen) atoms. The normalized spacial score (nSPS) is 16.9. The van der Waals surface area contributed by atoms with Gasteiger partial charge >= 0.3 is 12.1 Å². The van der Waals surface area contributed by atoms with E-state index in [4.69, 9.17) is 31.9 Å². The maximum Gasteiger partial charge on any atom is 0.414 e. The topological polar surface area (TPSA) is 189 Å². The Kier molecular flexibility index (Phi) is 13.3. The first kappa shape index (κ1) is 36.6. The number of thiophene rings is 1. The highest BCUT2D eigenvalue weighted by Crippen LogP contribution is 2.30. The number of halogens is 3. The third kappa shape index (κ3) is 9.35. The average molecular weight is 705 g/mol. The summed E-state index contributed by atoms with van der Waals surface area (Å²) in [5.41, 5.74) is 5.43. The number of aliphatic carboxylic acids is 1. The summed E-state index contributed by atoms with van der Waals surface area (Å²) in [7, 11) is 0. The van der Waals surface area contributed by atoms with Gasteiger partial charge in [-0.25, -0.2) is 9.18 Å². The maximum atomic E-state index is 15.2. The molecule has 2 saturated heterocycles. The summed E-state index contributed by atoms with van der Waals surface area (Å²) in [6.45, 7) is 0.179. The first-order valence-corrected chi connectivity index (χ1v) is 15.1. The third-order valence-corrected chi connectivity index (χ3v) is 8.26. The van der Waals surface area contributed by atoms with Crippen molar-refractivity contribution < 1.29 is 47.7 Å². The fourth-order valence-corrected chi connectivity index (χ4v) is 5.80. The van der Waals surface area contributed by atoms with Crippen molar-refractivity contribution >= 4 is 82.4 Å². The Hall–Kier alpha value is -3.83. The molecular weight excluding hydrogens is 672 g/mol. The number of unbranched alkanes of at least 4 members (excludes halogenated alkanes) is 1. The van der Waals surface area contributed by atoms with Gasteiger partial charge in [0.25, 0.3) is 11.8 Å². The molecule has 18 heteroatoms. The molecule has 0 saturated carbocycles. The SMILES string of the molecule is Cl.NC(=O)[C@H](CC(=O)O)NCCCCC(=O)N(C[C@H]1CN(c2ccc(N3CCOCC3=O)cc2F)C(=O)O1)C(=O)c1ccc(Cl)s1. The number of benzene rings is 1. The van der Waals surface area contributed by atoms with E-state index in [9.17, 15) is 28.8 Å². The number of carboxylic acid groups (broad SMARTS) is 1. The van der Waals surface area contributed by atoms with E-state index in [0.717, 1.165) is 27.2 Å². The molecule has 5 amide bonds. The van der Waals surface area contributed by atoms with Crippen LogP contribution in [0.25, 0.3) is 0 Å². The summed E-state index contributed by atoms with van der Waals surface area (Å²) >= 11 is 6.96. The van der Waals surface area contributed by atoms with Gasteiger partial charge in [0.2, 0.25) is 11.8 Å². The van der Waals surface area contributed by atoms with Gasteiger partial charge in [0.15, 0.2) is 0 Å². The number of primary amides is 1. The lowest BCUT2D eigenvalue weighted by Gasteiger charge is -2.27. The predicted molar refractivity (Wildman–Crippen MR) is 167 cm³/mol. The van der Waals surface area contributed by atoms with Gasteiger partial charge in [-0.2, -0.15) is 0 Å². The second kappa shape index (κ2) is 16.6. The molecule has 2 aliphatic rings. The Bertz CT molecular complexity index is 1480. The number of imide groups is 1. The Morgan fingerprint density at radius 1 is 1.17 bits per heavy atom. The molecule has 0 unspecified atom stereocenters. The fourth-order valence-electron chi connectivity index (χ4n) is 4.81. The lowest BCUT2D eigenvalue weighted by Crippen LogP contribution is -2.43. The second-order valence-corrected chi connectivity index (χ2v) is 11.9. The standard InChI is InChI=1S/C28H31ClFN5O9S.ClH/c29-22-7-6-21(45-22)27(41)35(23(36)3-1-2-8-32-19(26(31)40)12-25(38)39)14-17-13-34(28(42)44-17)20-5-4-16(11-18(20)30)33-9-10-43-15-24(33)37;/h4-7,11,17,19,32H,1-3,8-10,12-15H2,(H2,31,40)(H,38,39);1H/t17-,19+;/m1./s1. The highest BCUT2D eigenvalue weighted by molar-refractivity contribution is 7.18. The van der Waals surface area contributed by atoms with E-state index in [1.54, 1.807) is 0 Å². The molecule has 250 valence electrons. The number of morpholine rings is 1. The highest BCUT2D eigenvalue weighted by atomic mass is 35.5. The van der Waals surface area contributed by atoms with Crippen LogP contribution < -0.4 is 20.9 Å². The molecule has 1 aromatic heterocycles. The summed E-state index contributed by atoms with van der Waals surface area (Å²) in [6.07, 6.45) is -1.79. The molecule has 2 aromatic rings. The van der Waals surface area contributed by atoms with Crippen LogP contribution in [0.2, 0.25) is 4.34 Å². The number of rotatable bonds is 14. The third-order valence-electron chi connectivity index (χ3n) is 7.04. The van der Waals surface area contributed by atoms with E-state index < -0.39 is 54.2 Å². The molecule has 2 fully saturated rings. The van der Waals surface area contributed by atoms with Gasteiger partial charge in [-0.3, -0.25) is 33.8 Å². The lowest BCUT2D eigenvalue weighted by atomic mass is 10.1. The van der Waals surface area contributed by atoms with Crippen molar-refractivity contribution in [2.45, 2.75) is 37.8 Å². The molecule has 0 spiro atoms. The molecule has 1 aromatic carbocycles. The minimum atomic E-state index is -1.19. The number of cyclic esters (lactones) is 1. The number of ether oxygens (including phenoxy) is 2. The number of nitrogens with one attached hydrogen (secondary N) is 1. The van der Waals surface area contributed by atoms with Gasteiger partial charge in [-0.1, -0.05) is 11.6 Å². The Balaban J connectivity index is 0.00000576. The molecule has 0 bridgehead atoms. The van der Waals surface area contributed by atoms with E-state index >= 15 is 4.39 Å². The van der Waals surface area contributed by atoms with Crippen LogP contribution in [-0.2, 0) is 28.7 Å². The zero-order chi connectivity index (χ0) is 32.7. The zero-order valence-electron chi connectivity index (χ0n) is 24.3. The number of nitrogens with zero attached hydrogens (tertiary/aromatic N) is 3. The van der Waals surface area contributed by atoms with Crippen molar-refractivity contribution in [1.29, 1.82) is 0 Å². The summed E-state index contributed by atoms with van der Waals surface area (Å²) in [5, 5.41) is 11.6. The maximum absolute atomic E-state index is 15.2. The van der Waals surface area contributed by atoms with Crippen LogP contribution in [0.15, 0.2) is 30.3 Å². The van der Waals surface area contributed by atoms with E-state index in [2.05, 4.69) is 5.32 Å². The molecular formula is C28H32Cl2FN5O9S. The number of anilines is 2. The monoisotopic (exact) mass is 703 g/mol. The van der Waals surface area contributed by atoms with Crippen molar-refractivity contribution in [1.82, 2.24) is 10.2 Å². The van der Waals surface area contributed by atoms with Crippen LogP contribution in [-0.4, -0.2) is 97.2 Å². The first-order valence-electron chi connectivity index (χ1n) is 13.9. The van der Waals surface area contributed by atoms with E-state index in [-0.39, 0.29) is 74.5 Å². The lowest BCUT2D eigenvalue weighted by molar-refractivity contribution is -0.139. The van der Waals surface area contributed by atoms with Gasteiger partial charge in [-0.05, 0) is 49.7 Å². The largest absolute Gasteiger partial charge is 0.481 e. The van der Waals surface area contributed by atoms with Crippen molar-refractivity contribution in [3.8, 4) is 0 Å². The van der Waals surface area contributed by atoms with Crippen molar-refractivity contribution in [2.75, 3.05) is 49.2 Å². The number of carboxylic acids is 1. The molecule has 4 N–H and O–H groups in total. The van der Waals surface area contributed by atoms with E-state index in [1.807, 2.05) is 0 Å². The zero-order valence-corrected chi connectivity index (χ0v) is 26.7. The number of hydrogen-bond acceptors (Lipinski definition) is 10. The number of hydrogen-bond donors (Lipinski definition) is 3. The fraction of sp³-hybridized carbons (Fsp3) is 0.429. The Labute approximate surface area is 277 Å². The van der Waals surface area contributed by atoms with Crippen LogP contribution in [0.1, 0.15) is 35.4 Å². The molecule has 2 aliphatic heterocycles. The molecule has 0 aliphatic carbocycles. The van der Waals surface area contributed by atoms with Gasteiger partial charge in [0, 0.05) is 18.7 Å². The Morgan fingerprint density at radius 3 is 2.57 bits per heavy atom. The van der Waals surface area contributed by atoms with Gasteiger partial charge in [0.05, 0.1) is 47.1 Å². The smallest absolute Gasteiger partial charge is 0.414 e. The summed E-state index contributed by atoms with van der Waals surface area (Å²) in [4.78, 5) is 77.4. The number of carbonyl (C=O) groups excluding carboxylic acids is 5. The van der Waals surface area contributed by atoms with Gasteiger partial charge in [-0.15, -0.1) is 23.7 Å². The van der Waals surface area contributed by atoms with Crippen LogP contribution in [0.4, 0.5) is 20.6 Å². The first-order chi connectivity index (χ1) is 21.4. The summed E-state index contributed by atoms with van der Waals surface area (Å²) in [5.74, 6) is -4.31. The molecule has 14 nitrogen and oxygen atoms in total. The van der Waals surface area contributed by atoms with Crippen LogP contribution in [0, 0.1) is 5.82 Å². The van der Waals surface area contributed by atoms with E-state index in [0.29, 0.717) is 23.1 Å². The number of carbonyl (C=O) groups is 6. The van der Waals surface area contributed by atoms with Crippen LogP contribution in [0.5, 0.6) is 0 Å². The number of amides is 5. The Morgan fingerprint density at radius 2 is 1.93 bits per heavy atom. The quantitative estimate of drug-likeness (QED) is 0.247. The van der Waals surface area contributed by atoms with Crippen LogP contribution in [0.3, 0.4) is 0 Å². The molecule has 2 atom stereocenters. The highest BCUT2D eigenvalue weighted by Gasteiger charge is 2.38.